The van der Waals surface area contributed by atoms with Gasteiger partial charge in [0.25, 0.3) is 0 Å². The summed E-state index contributed by atoms with van der Waals surface area (Å²) in [6, 6.07) is 54.4. The molecule has 2 unspecified atom stereocenters. The highest BCUT2D eigenvalue weighted by Gasteiger charge is 2.45. The second kappa shape index (κ2) is 15.7. The Hall–Kier alpha value is -5.83. The highest BCUT2D eigenvalue weighted by atomic mass is 32.2. The van der Waals surface area contributed by atoms with Gasteiger partial charge in [0.1, 0.15) is 5.69 Å². The summed E-state index contributed by atoms with van der Waals surface area (Å²) in [6.45, 7) is 0. The molecule has 2 atom stereocenters. The van der Waals surface area contributed by atoms with Gasteiger partial charge < -0.3 is 0 Å². The number of rotatable bonds is 8. The molecule has 5 aromatic carbocycles. The molecule has 0 amide bonds. The topological polar surface area (TPSA) is 35.6 Å². The molecule has 7 aromatic rings. The van der Waals surface area contributed by atoms with Crippen molar-refractivity contribution < 1.29 is 0 Å². The lowest BCUT2D eigenvalue weighted by Gasteiger charge is -2.35. The van der Waals surface area contributed by atoms with E-state index in [1.807, 2.05) is 12.1 Å². The van der Waals surface area contributed by atoms with Crippen molar-refractivity contribution in [2.75, 3.05) is 0 Å². The van der Waals surface area contributed by atoms with E-state index in [0.717, 1.165) is 45.2 Å². The molecular weight excluding hydrogens is 737 g/mol. The standard InChI is InChI=1S/C54H48N4S/c1-7-19-37(20-8-1)44-31-32-49(58-51(42-29-17-6-18-30-42)36-48(56-58)40-25-13-4-14-26-40)54-52(44)46-34-43(33-45(53(46)59-54)38-21-9-2-10-22-38)57-50(41-27-15-5-16-28-41)35-47(55-57)39-23-11-3-12-24-39/h3-6,11,13-18,23,25-38,52,54H,1-2,7-10,19-22H2. The van der Waals surface area contributed by atoms with Crippen molar-refractivity contribution in [1.82, 2.24) is 19.6 Å². The number of fused-ring (bicyclic) bond motifs is 3. The molecule has 2 aromatic heterocycles. The normalized spacial score (nSPS) is 19.4. The van der Waals surface area contributed by atoms with Gasteiger partial charge in [0.05, 0.1) is 39.3 Å². The number of benzene rings is 4. The molecule has 11 rings (SSSR count). The van der Waals surface area contributed by atoms with Crippen LogP contribution < -0.4 is 0 Å². The van der Waals surface area contributed by atoms with Crippen molar-refractivity contribution >= 4 is 17.5 Å². The molecule has 4 nitrogen and oxygen atoms in total. The van der Waals surface area contributed by atoms with Crippen LogP contribution in [0.15, 0.2) is 156 Å². The maximum Gasteiger partial charge on any atom is 0.102 e. The minimum atomic E-state index is 0.201. The molecule has 3 aliphatic carbocycles. The lowest BCUT2D eigenvalue weighted by molar-refractivity contribution is 0.387. The van der Waals surface area contributed by atoms with Crippen molar-refractivity contribution in [2.45, 2.75) is 86.2 Å². The minimum absolute atomic E-state index is 0.201. The number of hydrogen-bond donors (Lipinski definition) is 0. The molecule has 4 aliphatic rings. The van der Waals surface area contributed by atoms with E-state index in [9.17, 15) is 0 Å². The first kappa shape index (κ1) is 36.3. The van der Waals surface area contributed by atoms with Gasteiger partial charge in [-0.3, -0.25) is 0 Å². The fraction of sp³-hybridized carbons (Fsp3) is 0.259. The second-order valence-corrected chi connectivity index (χ2v) is 18.0. The summed E-state index contributed by atoms with van der Waals surface area (Å²) in [4.78, 5) is 1.50. The van der Waals surface area contributed by atoms with Gasteiger partial charge in [-0.15, -0.1) is 11.8 Å². The maximum absolute atomic E-state index is 5.48. The van der Waals surface area contributed by atoms with Gasteiger partial charge >= 0.3 is 0 Å². The molecule has 0 saturated heterocycles. The zero-order valence-corrected chi connectivity index (χ0v) is 34.3. The Bertz CT molecular complexity index is 2640. The predicted octanol–water partition coefficient (Wildman–Crippen LogP) is 14.0. The first-order chi connectivity index (χ1) is 29.3. The van der Waals surface area contributed by atoms with Crippen LogP contribution in [0.2, 0.25) is 0 Å². The summed E-state index contributed by atoms with van der Waals surface area (Å²) in [7, 11) is 0. The fourth-order valence-electron chi connectivity index (χ4n) is 10.4. The zero-order chi connectivity index (χ0) is 39.1. The van der Waals surface area contributed by atoms with E-state index in [1.165, 1.54) is 91.5 Å². The zero-order valence-electron chi connectivity index (χ0n) is 33.4. The van der Waals surface area contributed by atoms with Crippen molar-refractivity contribution in [3.63, 3.8) is 0 Å². The van der Waals surface area contributed by atoms with E-state index in [2.05, 4.69) is 167 Å². The Morgan fingerprint density at radius 3 is 1.80 bits per heavy atom. The van der Waals surface area contributed by atoms with Gasteiger partial charge in [-0.1, -0.05) is 159 Å². The highest BCUT2D eigenvalue weighted by Crippen LogP contribution is 2.60. The molecule has 0 N–H and O–H groups in total. The van der Waals surface area contributed by atoms with E-state index in [4.69, 9.17) is 10.2 Å². The maximum atomic E-state index is 5.48. The van der Waals surface area contributed by atoms with E-state index in [0.29, 0.717) is 11.8 Å². The van der Waals surface area contributed by atoms with Crippen molar-refractivity contribution in [3.05, 3.63) is 174 Å². The SMILES string of the molecule is c1cccc(-c2cc(-c3ccccc3)n(-c3cc(C4CCCCC4)c4c(c3)C3C(C5CCCCC5)=CC=C(n5nc(-c6ccccc6)cc5-c5ccccc5)C3S4)n2)c#1. The van der Waals surface area contributed by atoms with E-state index in [-0.39, 0.29) is 11.2 Å². The quantitative estimate of drug-likeness (QED) is 0.154. The van der Waals surface area contributed by atoms with Crippen LogP contribution in [0.4, 0.5) is 0 Å². The van der Waals surface area contributed by atoms with Crippen molar-refractivity contribution in [3.8, 4) is 50.7 Å². The lowest BCUT2D eigenvalue weighted by atomic mass is 9.72. The summed E-state index contributed by atoms with van der Waals surface area (Å²) in [5, 5.41) is 11.1. The van der Waals surface area contributed by atoms with Crippen LogP contribution in [-0.4, -0.2) is 24.8 Å². The fourth-order valence-corrected chi connectivity index (χ4v) is 12.1. The third kappa shape index (κ3) is 6.78. The predicted molar refractivity (Wildman–Crippen MR) is 242 cm³/mol. The van der Waals surface area contributed by atoms with Crippen LogP contribution in [0.3, 0.4) is 0 Å². The van der Waals surface area contributed by atoms with Crippen molar-refractivity contribution in [1.29, 1.82) is 0 Å². The summed E-state index contributed by atoms with van der Waals surface area (Å²) < 4.78 is 4.52. The van der Waals surface area contributed by atoms with Gasteiger partial charge in [0.2, 0.25) is 0 Å². The number of aromatic nitrogens is 4. The molecule has 1 aliphatic heterocycles. The molecule has 59 heavy (non-hydrogen) atoms. The highest BCUT2D eigenvalue weighted by molar-refractivity contribution is 8.00. The van der Waals surface area contributed by atoms with Gasteiger partial charge in [-0.2, -0.15) is 10.2 Å². The largest absolute Gasteiger partial charge is 0.235 e. The van der Waals surface area contributed by atoms with Gasteiger partial charge in [-0.25, -0.2) is 9.36 Å². The van der Waals surface area contributed by atoms with E-state index in [1.54, 1.807) is 5.57 Å². The molecule has 2 fully saturated rings. The number of nitrogens with zero attached hydrogens (tertiary/aromatic N) is 4. The molecule has 0 radical (unpaired) electrons. The third-order valence-corrected chi connectivity index (χ3v) is 14.7. The van der Waals surface area contributed by atoms with Crippen LogP contribution in [0.5, 0.6) is 0 Å². The monoisotopic (exact) mass is 784 g/mol. The summed E-state index contributed by atoms with van der Waals surface area (Å²) >= 11 is 2.12. The van der Waals surface area contributed by atoms with Gasteiger partial charge in [-0.05, 0) is 91.1 Å². The number of allylic oxidation sites excluding steroid dienone is 3. The molecule has 2 saturated carbocycles. The average Bonchev–Trinajstić information content (AvgIpc) is 4.07. The Kier molecular flexibility index (Phi) is 9.67. The van der Waals surface area contributed by atoms with Crippen LogP contribution in [0, 0.1) is 18.1 Å². The molecule has 3 heterocycles. The second-order valence-electron chi connectivity index (χ2n) is 16.9. The van der Waals surface area contributed by atoms with Crippen molar-refractivity contribution in [2.24, 2.45) is 5.92 Å². The van der Waals surface area contributed by atoms with Crippen LogP contribution >= 0.6 is 11.8 Å². The molecule has 5 heteroatoms. The Morgan fingerprint density at radius 2 is 1.14 bits per heavy atom. The Balaban J connectivity index is 1.11. The summed E-state index contributed by atoms with van der Waals surface area (Å²) in [5.41, 5.74) is 15.6. The summed E-state index contributed by atoms with van der Waals surface area (Å²) in [6.07, 6.45) is 17.9. The lowest BCUT2D eigenvalue weighted by Crippen LogP contribution is -2.26. The molecule has 0 bridgehead atoms. The Labute approximate surface area is 352 Å². The van der Waals surface area contributed by atoms with Crippen LogP contribution in [-0.2, 0) is 0 Å². The summed E-state index contributed by atoms with van der Waals surface area (Å²) in [5.74, 6) is 1.37. The van der Waals surface area contributed by atoms with Crippen LogP contribution in [0.25, 0.3) is 56.4 Å². The van der Waals surface area contributed by atoms with Crippen LogP contribution in [0.1, 0.15) is 87.2 Å². The first-order valence-corrected chi connectivity index (χ1v) is 22.7. The molecule has 290 valence electrons. The van der Waals surface area contributed by atoms with Gasteiger partial charge in [0, 0.05) is 27.5 Å². The minimum Gasteiger partial charge on any atom is -0.235 e. The molecule has 0 spiro atoms. The third-order valence-electron chi connectivity index (χ3n) is 13.3. The van der Waals surface area contributed by atoms with E-state index < -0.39 is 0 Å². The van der Waals surface area contributed by atoms with Gasteiger partial charge in [0.15, 0.2) is 0 Å². The number of hydrogen-bond acceptors (Lipinski definition) is 3. The average molecular weight is 785 g/mol. The van der Waals surface area contributed by atoms with E-state index >= 15 is 0 Å². The Morgan fingerprint density at radius 1 is 0.542 bits per heavy atom. The first-order valence-electron chi connectivity index (χ1n) is 21.8. The number of thioether (sulfide) groups is 1. The smallest absolute Gasteiger partial charge is 0.102 e. The molecular formula is C54H48N4S.